The number of ether oxygens (including phenoxy) is 2. The smallest absolute Gasteiger partial charge is 0.338 e. The van der Waals surface area contributed by atoms with E-state index >= 15 is 0 Å². The average molecular weight is 425 g/mol. The SMILES string of the molecule is CCOC(=O)C1=C(c2ccccc2)NC(=S)N[C@H]1c1cc(C(C)C)c(OC)cc1C. The fourth-order valence-electron chi connectivity index (χ4n) is 3.71. The summed E-state index contributed by atoms with van der Waals surface area (Å²) in [5.74, 6) is 0.731. The summed E-state index contributed by atoms with van der Waals surface area (Å²) < 4.78 is 11.0. The number of hydrogen-bond donors (Lipinski definition) is 2. The quantitative estimate of drug-likeness (QED) is 0.521. The van der Waals surface area contributed by atoms with Crippen molar-refractivity contribution in [3.63, 3.8) is 0 Å². The first-order chi connectivity index (χ1) is 14.4. The minimum absolute atomic E-state index is 0.261. The van der Waals surface area contributed by atoms with Crippen molar-refractivity contribution in [1.29, 1.82) is 0 Å². The number of carbonyl (C=O) groups excluding carboxylic acids is 1. The van der Waals surface area contributed by atoms with Crippen molar-refractivity contribution in [2.45, 2.75) is 39.7 Å². The fraction of sp³-hybridized carbons (Fsp3) is 0.333. The molecule has 158 valence electrons. The first-order valence-electron chi connectivity index (χ1n) is 10.1. The maximum Gasteiger partial charge on any atom is 0.338 e. The molecule has 2 N–H and O–H groups in total. The maximum atomic E-state index is 13.1. The minimum atomic E-state index is -0.434. The highest BCUT2D eigenvalue weighted by Gasteiger charge is 2.34. The van der Waals surface area contributed by atoms with Gasteiger partial charge in [0.05, 0.1) is 31.0 Å². The molecule has 0 saturated heterocycles. The zero-order valence-corrected chi connectivity index (χ0v) is 18.9. The van der Waals surface area contributed by atoms with Crippen LogP contribution in [-0.2, 0) is 9.53 Å². The summed E-state index contributed by atoms with van der Waals surface area (Å²) in [5, 5.41) is 6.93. The summed E-state index contributed by atoms with van der Waals surface area (Å²) in [6.45, 7) is 8.35. The maximum absolute atomic E-state index is 13.1. The molecule has 30 heavy (non-hydrogen) atoms. The predicted octanol–water partition coefficient (Wildman–Crippen LogP) is 4.62. The van der Waals surface area contributed by atoms with Crippen LogP contribution in [0.15, 0.2) is 48.0 Å². The molecule has 1 aliphatic rings. The van der Waals surface area contributed by atoms with E-state index in [0.29, 0.717) is 23.0 Å². The largest absolute Gasteiger partial charge is 0.496 e. The molecule has 1 atom stereocenters. The molecule has 0 fully saturated rings. The Morgan fingerprint density at radius 3 is 2.50 bits per heavy atom. The molecule has 0 amide bonds. The molecule has 0 aliphatic carbocycles. The van der Waals surface area contributed by atoms with E-state index in [2.05, 4.69) is 30.5 Å². The summed E-state index contributed by atoms with van der Waals surface area (Å²) in [4.78, 5) is 13.1. The van der Waals surface area contributed by atoms with Crippen LogP contribution in [0.4, 0.5) is 0 Å². The summed E-state index contributed by atoms with van der Waals surface area (Å²) >= 11 is 5.51. The number of aryl methyl sites for hydroxylation is 1. The Balaban J connectivity index is 2.25. The van der Waals surface area contributed by atoms with Gasteiger partial charge in [0.1, 0.15) is 5.75 Å². The van der Waals surface area contributed by atoms with Crippen molar-refractivity contribution in [2.75, 3.05) is 13.7 Å². The number of esters is 1. The first kappa shape index (κ1) is 21.8. The molecular formula is C24H28N2O3S. The van der Waals surface area contributed by atoms with Crippen LogP contribution in [0, 0.1) is 6.92 Å². The highest BCUT2D eigenvalue weighted by molar-refractivity contribution is 7.80. The van der Waals surface area contributed by atoms with Crippen molar-refractivity contribution >= 4 is 29.0 Å². The molecule has 0 bridgehead atoms. The van der Waals surface area contributed by atoms with E-state index in [1.165, 1.54) is 0 Å². The average Bonchev–Trinajstić information content (AvgIpc) is 2.73. The number of nitrogens with one attached hydrogen (secondary N) is 2. The molecule has 0 aromatic heterocycles. The van der Waals surface area contributed by atoms with Crippen molar-refractivity contribution < 1.29 is 14.3 Å². The van der Waals surface area contributed by atoms with E-state index < -0.39 is 6.04 Å². The van der Waals surface area contributed by atoms with E-state index in [1.54, 1.807) is 14.0 Å². The predicted molar refractivity (Wildman–Crippen MR) is 123 cm³/mol. The van der Waals surface area contributed by atoms with Crippen molar-refractivity contribution in [3.05, 3.63) is 70.3 Å². The lowest BCUT2D eigenvalue weighted by Gasteiger charge is -2.32. The molecular weight excluding hydrogens is 396 g/mol. The zero-order valence-electron chi connectivity index (χ0n) is 18.0. The van der Waals surface area contributed by atoms with Crippen molar-refractivity contribution in [2.24, 2.45) is 0 Å². The molecule has 2 aromatic rings. The second-order valence-electron chi connectivity index (χ2n) is 7.51. The fourth-order valence-corrected chi connectivity index (χ4v) is 3.93. The third-order valence-electron chi connectivity index (χ3n) is 5.18. The highest BCUT2D eigenvalue weighted by Crippen LogP contribution is 2.37. The van der Waals surface area contributed by atoms with Crippen LogP contribution in [0.2, 0.25) is 0 Å². The molecule has 1 heterocycles. The van der Waals surface area contributed by atoms with Crippen LogP contribution in [0.25, 0.3) is 5.70 Å². The Labute approximate surface area is 183 Å². The van der Waals surface area contributed by atoms with Gasteiger partial charge < -0.3 is 20.1 Å². The van der Waals surface area contributed by atoms with E-state index in [1.807, 2.05) is 43.3 Å². The second-order valence-corrected chi connectivity index (χ2v) is 7.92. The van der Waals surface area contributed by atoms with Crippen LogP contribution < -0.4 is 15.4 Å². The van der Waals surface area contributed by atoms with Gasteiger partial charge in [-0.2, -0.15) is 0 Å². The summed E-state index contributed by atoms with van der Waals surface area (Å²) in [5.41, 5.74) is 5.12. The summed E-state index contributed by atoms with van der Waals surface area (Å²) in [6.07, 6.45) is 0. The van der Waals surface area contributed by atoms with Gasteiger partial charge in [0.25, 0.3) is 0 Å². The second kappa shape index (κ2) is 9.30. The Hall–Kier alpha value is -2.86. The molecule has 2 aromatic carbocycles. The van der Waals surface area contributed by atoms with E-state index in [4.69, 9.17) is 21.7 Å². The normalized spacial score (nSPS) is 16.2. The Morgan fingerprint density at radius 2 is 1.90 bits per heavy atom. The number of thiocarbonyl (C=S) groups is 1. The van der Waals surface area contributed by atoms with Crippen LogP contribution >= 0.6 is 12.2 Å². The molecule has 0 spiro atoms. The highest BCUT2D eigenvalue weighted by atomic mass is 32.1. The molecule has 0 radical (unpaired) electrons. The van der Waals surface area contributed by atoms with Gasteiger partial charge in [-0.3, -0.25) is 0 Å². The zero-order chi connectivity index (χ0) is 21.8. The van der Waals surface area contributed by atoms with Crippen molar-refractivity contribution in [3.8, 4) is 5.75 Å². The lowest BCUT2D eigenvalue weighted by Crippen LogP contribution is -2.45. The topological polar surface area (TPSA) is 59.6 Å². The van der Waals surface area contributed by atoms with Gasteiger partial charge in [-0.15, -0.1) is 0 Å². The molecule has 6 heteroatoms. The van der Waals surface area contributed by atoms with Gasteiger partial charge in [0.15, 0.2) is 5.11 Å². The number of carbonyl (C=O) groups is 1. The van der Waals surface area contributed by atoms with Gasteiger partial charge in [0, 0.05) is 0 Å². The Bertz CT molecular complexity index is 983. The van der Waals surface area contributed by atoms with E-state index in [9.17, 15) is 4.79 Å². The van der Waals surface area contributed by atoms with Crippen molar-refractivity contribution in [1.82, 2.24) is 10.6 Å². The third kappa shape index (κ3) is 4.33. The monoisotopic (exact) mass is 424 g/mol. The molecule has 1 aliphatic heterocycles. The van der Waals surface area contributed by atoms with Gasteiger partial charge in [0.2, 0.25) is 0 Å². The lowest BCUT2D eigenvalue weighted by atomic mass is 9.87. The van der Waals surface area contributed by atoms with Crippen LogP contribution in [0.5, 0.6) is 5.75 Å². The van der Waals surface area contributed by atoms with Gasteiger partial charge in [-0.1, -0.05) is 44.2 Å². The lowest BCUT2D eigenvalue weighted by molar-refractivity contribution is -0.138. The Kier molecular flexibility index (Phi) is 6.77. The van der Waals surface area contributed by atoms with Crippen LogP contribution in [-0.4, -0.2) is 24.8 Å². The van der Waals surface area contributed by atoms with Gasteiger partial charge >= 0.3 is 5.97 Å². The van der Waals surface area contributed by atoms with E-state index in [0.717, 1.165) is 28.0 Å². The van der Waals surface area contributed by atoms with Gasteiger partial charge in [-0.25, -0.2) is 4.79 Å². The molecule has 0 saturated carbocycles. The summed E-state index contributed by atoms with van der Waals surface area (Å²) in [7, 11) is 1.68. The molecule has 3 rings (SSSR count). The molecule has 0 unspecified atom stereocenters. The number of hydrogen-bond acceptors (Lipinski definition) is 4. The number of rotatable bonds is 6. The number of methoxy groups -OCH3 is 1. The third-order valence-corrected chi connectivity index (χ3v) is 5.40. The summed E-state index contributed by atoms with van der Waals surface area (Å²) in [6, 6.07) is 13.4. The minimum Gasteiger partial charge on any atom is -0.496 e. The van der Waals surface area contributed by atoms with E-state index in [-0.39, 0.29) is 11.9 Å². The number of benzene rings is 2. The Morgan fingerprint density at radius 1 is 1.20 bits per heavy atom. The first-order valence-corrected chi connectivity index (χ1v) is 10.5. The van der Waals surface area contributed by atoms with Crippen LogP contribution in [0.1, 0.15) is 55.0 Å². The van der Waals surface area contributed by atoms with Crippen LogP contribution in [0.3, 0.4) is 0 Å². The molecule has 5 nitrogen and oxygen atoms in total. The standard InChI is InChI=1S/C24H28N2O3S/c1-6-29-23(27)20-21(16-10-8-7-9-11-16)25-24(30)26-22(20)18-13-17(14(2)3)19(28-5)12-15(18)4/h7-14,22H,6H2,1-5H3,(H2,25,26,30)/t22-/m0/s1. The van der Waals surface area contributed by atoms with Gasteiger partial charge in [-0.05, 0) is 66.4 Å².